The van der Waals surface area contributed by atoms with Crippen molar-refractivity contribution >= 4 is 29.5 Å². The fraction of sp³-hybridized carbons (Fsp3) is 0.438. The highest BCUT2D eigenvalue weighted by molar-refractivity contribution is 6.32. The van der Waals surface area contributed by atoms with E-state index in [1.807, 2.05) is 19.2 Å². The number of esters is 1. The maximum atomic E-state index is 12.1. The number of imide groups is 1. The number of carbonyl (C=O) groups is 3. The summed E-state index contributed by atoms with van der Waals surface area (Å²) in [6.07, 6.45) is -0.137. The van der Waals surface area contributed by atoms with Crippen LogP contribution in [-0.4, -0.2) is 44.3 Å². The quantitative estimate of drug-likeness (QED) is 0.711. The van der Waals surface area contributed by atoms with Crippen LogP contribution in [0.25, 0.3) is 0 Å². The van der Waals surface area contributed by atoms with Crippen LogP contribution < -0.4 is 20.1 Å². The molecule has 0 aliphatic heterocycles. The molecule has 1 aromatic carbocycles. The molecule has 0 fully saturated rings. The van der Waals surface area contributed by atoms with Crippen LogP contribution in [0.5, 0.6) is 11.5 Å². The van der Waals surface area contributed by atoms with E-state index in [1.54, 1.807) is 6.92 Å². The number of carbonyl (C=O) groups excluding carboxylic acids is 3. The lowest BCUT2D eigenvalue weighted by atomic mass is 10.2. The van der Waals surface area contributed by atoms with Crippen LogP contribution in [0.1, 0.15) is 31.1 Å². The summed E-state index contributed by atoms with van der Waals surface area (Å²) in [5.41, 5.74) is 0.0868. The summed E-state index contributed by atoms with van der Waals surface area (Å²) >= 11 is 6.12. The molecule has 0 spiro atoms. The average Bonchev–Trinajstić information content (AvgIpc) is 2.54. The van der Waals surface area contributed by atoms with Crippen LogP contribution in [0.15, 0.2) is 12.1 Å². The van der Waals surface area contributed by atoms with Crippen molar-refractivity contribution in [3.63, 3.8) is 0 Å². The lowest BCUT2D eigenvalue weighted by molar-refractivity contribution is -0.123. The predicted molar refractivity (Wildman–Crippen MR) is 91.3 cm³/mol. The molecule has 2 N–H and O–H groups in total. The zero-order valence-electron chi connectivity index (χ0n) is 14.5. The Bertz CT molecular complexity index is 648. The highest BCUT2D eigenvalue weighted by Gasteiger charge is 2.18. The third-order valence-electron chi connectivity index (χ3n) is 2.74. The number of nitrogens with one attached hydrogen (secondary N) is 2. The second kappa shape index (κ2) is 9.73. The molecule has 1 rings (SSSR count). The first-order valence-corrected chi connectivity index (χ1v) is 7.95. The van der Waals surface area contributed by atoms with Gasteiger partial charge in [0.2, 0.25) is 0 Å². The van der Waals surface area contributed by atoms with E-state index in [0.29, 0.717) is 12.3 Å². The molecule has 0 heterocycles. The van der Waals surface area contributed by atoms with Crippen LogP contribution in [0, 0.1) is 0 Å². The van der Waals surface area contributed by atoms with Gasteiger partial charge in [-0.05, 0) is 32.9 Å². The number of rotatable bonds is 7. The normalized spacial score (nSPS) is 10.2. The Kier molecular flexibility index (Phi) is 8.00. The molecule has 0 atom stereocenters. The largest absolute Gasteiger partial charge is 0.493 e. The lowest BCUT2D eigenvalue weighted by Gasteiger charge is -2.16. The molecular weight excluding hydrogens is 352 g/mol. The molecular formula is C16H21ClN2O6. The number of hydrogen-bond acceptors (Lipinski definition) is 6. The van der Waals surface area contributed by atoms with E-state index < -0.39 is 24.5 Å². The molecule has 0 aliphatic rings. The van der Waals surface area contributed by atoms with Crippen LogP contribution >= 0.6 is 11.6 Å². The van der Waals surface area contributed by atoms with Crippen molar-refractivity contribution in [2.24, 2.45) is 0 Å². The SMILES string of the molecule is CCNC(=O)NC(=O)COC(=O)c1cc(Cl)c(OC(C)C)c(OC)c1. The standard InChI is InChI=1S/C16H21ClN2O6/c1-5-18-16(22)19-13(20)8-24-15(21)10-6-11(17)14(25-9(2)3)12(7-10)23-4/h6-7,9H,5,8H2,1-4H3,(H2,18,19,20,22). The summed E-state index contributed by atoms with van der Waals surface area (Å²) < 4.78 is 15.6. The molecule has 25 heavy (non-hydrogen) atoms. The molecule has 0 radical (unpaired) electrons. The van der Waals surface area contributed by atoms with Gasteiger partial charge >= 0.3 is 12.0 Å². The van der Waals surface area contributed by atoms with Crippen LogP contribution in [0.2, 0.25) is 5.02 Å². The summed E-state index contributed by atoms with van der Waals surface area (Å²) in [6, 6.07) is 2.09. The van der Waals surface area contributed by atoms with Crippen molar-refractivity contribution in [3.05, 3.63) is 22.7 Å². The maximum Gasteiger partial charge on any atom is 0.338 e. The fourth-order valence-electron chi connectivity index (χ4n) is 1.77. The van der Waals surface area contributed by atoms with E-state index in [-0.39, 0.29) is 22.4 Å². The molecule has 3 amide bonds. The minimum atomic E-state index is -0.789. The van der Waals surface area contributed by atoms with E-state index in [2.05, 4.69) is 5.32 Å². The lowest BCUT2D eigenvalue weighted by Crippen LogP contribution is -2.41. The van der Waals surface area contributed by atoms with Crippen molar-refractivity contribution in [1.82, 2.24) is 10.6 Å². The van der Waals surface area contributed by atoms with Gasteiger partial charge in [-0.2, -0.15) is 0 Å². The number of urea groups is 1. The molecule has 0 saturated heterocycles. The Balaban J connectivity index is 2.77. The molecule has 0 bridgehead atoms. The zero-order valence-corrected chi connectivity index (χ0v) is 15.2. The van der Waals surface area contributed by atoms with Gasteiger partial charge in [0.15, 0.2) is 18.1 Å². The smallest absolute Gasteiger partial charge is 0.338 e. The van der Waals surface area contributed by atoms with E-state index in [1.165, 1.54) is 19.2 Å². The minimum Gasteiger partial charge on any atom is -0.493 e. The van der Waals surface area contributed by atoms with E-state index in [4.69, 9.17) is 25.8 Å². The van der Waals surface area contributed by atoms with E-state index in [0.717, 1.165) is 0 Å². The molecule has 9 heteroatoms. The first-order chi connectivity index (χ1) is 11.8. The van der Waals surface area contributed by atoms with Crippen molar-refractivity contribution in [3.8, 4) is 11.5 Å². The maximum absolute atomic E-state index is 12.1. The molecule has 0 saturated carbocycles. The molecule has 8 nitrogen and oxygen atoms in total. The van der Waals surface area contributed by atoms with Gasteiger partial charge < -0.3 is 19.5 Å². The van der Waals surface area contributed by atoms with E-state index in [9.17, 15) is 14.4 Å². The molecule has 0 unspecified atom stereocenters. The zero-order chi connectivity index (χ0) is 19.0. The number of methoxy groups -OCH3 is 1. The number of ether oxygens (including phenoxy) is 3. The fourth-order valence-corrected chi connectivity index (χ4v) is 2.02. The number of benzene rings is 1. The Hall–Kier alpha value is -2.48. The molecule has 0 aromatic heterocycles. The predicted octanol–water partition coefficient (Wildman–Crippen LogP) is 2.14. The van der Waals surface area contributed by atoms with Gasteiger partial charge in [0.1, 0.15) is 0 Å². The monoisotopic (exact) mass is 372 g/mol. The summed E-state index contributed by atoms with van der Waals surface area (Å²) in [7, 11) is 1.41. The molecule has 0 aliphatic carbocycles. The van der Waals surface area contributed by atoms with Gasteiger partial charge in [-0.25, -0.2) is 9.59 Å². The highest BCUT2D eigenvalue weighted by atomic mass is 35.5. The minimum absolute atomic E-state index is 0.0868. The summed E-state index contributed by atoms with van der Waals surface area (Å²) in [5, 5.41) is 4.57. The summed E-state index contributed by atoms with van der Waals surface area (Å²) in [4.78, 5) is 34.8. The summed E-state index contributed by atoms with van der Waals surface area (Å²) in [5.74, 6) is -0.968. The molecule has 1 aromatic rings. The topological polar surface area (TPSA) is 103 Å². The highest BCUT2D eigenvalue weighted by Crippen LogP contribution is 2.37. The Morgan fingerprint density at radius 1 is 1.24 bits per heavy atom. The first-order valence-electron chi connectivity index (χ1n) is 7.57. The van der Waals surface area contributed by atoms with Gasteiger partial charge in [-0.3, -0.25) is 10.1 Å². The van der Waals surface area contributed by atoms with Gasteiger partial charge in [0.25, 0.3) is 5.91 Å². The van der Waals surface area contributed by atoms with E-state index >= 15 is 0 Å². The van der Waals surface area contributed by atoms with Crippen molar-refractivity contribution in [1.29, 1.82) is 0 Å². The first kappa shape index (κ1) is 20.6. The Morgan fingerprint density at radius 2 is 1.92 bits per heavy atom. The second-order valence-corrected chi connectivity index (χ2v) is 5.55. The third-order valence-corrected chi connectivity index (χ3v) is 3.02. The van der Waals surface area contributed by atoms with Crippen molar-refractivity contribution in [2.45, 2.75) is 26.9 Å². The summed E-state index contributed by atoms with van der Waals surface area (Å²) in [6.45, 7) is 5.10. The van der Waals surface area contributed by atoms with Crippen LogP contribution in [-0.2, 0) is 9.53 Å². The number of amides is 3. The van der Waals surface area contributed by atoms with Crippen molar-refractivity contribution in [2.75, 3.05) is 20.3 Å². The number of halogens is 1. The van der Waals surface area contributed by atoms with Gasteiger partial charge in [0.05, 0.1) is 23.8 Å². The number of hydrogen-bond donors (Lipinski definition) is 2. The third kappa shape index (κ3) is 6.50. The molecule has 138 valence electrons. The van der Waals surface area contributed by atoms with Crippen LogP contribution in [0.4, 0.5) is 4.79 Å². The van der Waals surface area contributed by atoms with Gasteiger partial charge in [0, 0.05) is 6.54 Å². The van der Waals surface area contributed by atoms with Gasteiger partial charge in [-0.15, -0.1) is 0 Å². The Morgan fingerprint density at radius 3 is 2.48 bits per heavy atom. The second-order valence-electron chi connectivity index (χ2n) is 5.14. The van der Waals surface area contributed by atoms with Crippen molar-refractivity contribution < 1.29 is 28.6 Å². The Labute approximate surface area is 150 Å². The van der Waals surface area contributed by atoms with Crippen LogP contribution in [0.3, 0.4) is 0 Å². The van der Waals surface area contributed by atoms with Gasteiger partial charge in [-0.1, -0.05) is 11.6 Å². The average molecular weight is 373 g/mol.